The fourth-order valence-corrected chi connectivity index (χ4v) is 4.35. The van der Waals surface area contributed by atoms with Gasteiger partial charge >= 0.3 is 0 Å². The van der Waals surface area contributed by atoms with Gasteiger partial charge in [-0.1, -0.05) is 12.1 Å². The van der Waals surface area contributed by atoms with Gasteiger partial charge in [0, 0.05) is 43.9 Å². The molecule has 0 aliphatic carbocycles. The first kappa shape index (κ1) is 19.7. The summed E-state index contributed by atoms with van der Waals surface area (Å²) in [5.41, 5.74) is 2.68. The highest BCUT2D eigenvalue weighted by molar-refractivity contribution is 7.88. The Balaban J connectivity index is 1.92. The molecule has 8 heteroatoms. The zero-order valence-corrected chi connectivity index (χ0v) is 16.8. The maximum absolute atomic E-state index is 13.6. The van der Waals surface area contributed by atoms with Gasteiger partial charge in [0.15, 0.2) is 0 Å². The van der Waals surface area contributed by atoms with Crippen LogP contribution in [0.4, 0.5) is 10.2 Å². The smallest absolute Gasteiger partial charge is 0.211 e. The van der Waals surface area contributed by atoms with Crippen LogP contribution < -0.4 is 4.90 Å². The van der Waals surface area contributed by atoms with Gasteiger partial charge in [0.2, 0.25) is 10.0 Å². The van der Waals surface area contributed by atoms with Gasteiger partial charge in [-0.2, -0.15) is 0 Å². The summed E-state index contributed by atoms with van der Waals surface area (Å²) in [7, 11) is -3.20. The Morgan fingerprint density at radius 1 is 1.11 bits per heavy atom. The maximum atomic E-state index is 13.6. The molecule has 0 saturated carbocycles. The lowest BCUT2D eigenvalue weighted by atomic mass is 10.0. The second-order valence-corrected chi connectivity index (χ2v) is 8.95. The molecular formula is C19H25FN4O2S. The van der Waals surface area contributed by atoms with Crippen LogP contribution in [0.3, 0.4) is 0 Å². The molecule has 146 valence electrons. The van der Waals surface area contributed by atoms with Crippen LogP contribution in [0.1, 0.15) is 29.1 Å². The van der Waals surface area contributed by atoms with Crippen LogP contribution in [0.2, 0.25) is 0 Å². The summed E-state index contributed by atoms with van der Waals surface area (Å²) in [5, 5.41) is 0. The standard InChI is InChI=1S/C19H25FN4O2S/c1-14-18(13-16-6-4-7-17(20)12-16)19(22-15(2)21-14)23-8-5-9-24(11-10-23)27(3,25)26/h4,6-7,12H,5,8-11,13H2,1-3H3. The number of nitrogens with zero attached hydrogens (tertiary/aromatic N) is 4. The van der Waals surface area contributed by atoms with Gasteiger partial charge in [-0.05, 0) is 38.0 Å². The van der Waals surface area contributed by atoms with E-state index in [0.29, 0.717) is 31.9 Å². The van der Waals surface area contributed by atoms with Crippen molar-refractivity contribution in [3.8, 4) is 0 Å². The first-order valence-electron chi connectivity index (χ1n) is 9.02. The van der Waals surface area contributed by atoms with E-state index in [1.807, 2.05) is 19.9 Å². The van der Waals surface area contributed by atoms with Crippen LogP contribution in [0.15, 0.2) is 24.3 Å². The summed E-state index contributed by atoms with van der Waals surface area (Å²) in [4.78, 5) is 11.3. The number of hydrogen-bond acceptors (Lipinski definition) is 5. The molecule has 0 unspecified atom stereocenters. The zero-order valence-electron chi connectivity index (χ0n) is 15.9. The van der Waals surface area contributed by atoms with E-state index in [1.54, 1.807) is 6.07 Å². The predicted molar refractivity (Wildman–Crippen MR) is 104 cm³/mol. The fourth-order valence-electron chi connectivity index (χ4n) is 3.47. The molecule has 1 fully saturated rings. The molecule has 1 aliphatic heterocycles. The van der Waals surface area contributed by atoms with Crippen molar-refractivity contribution in [2.24, 2.45) is 0 Å². The van der Waals surface area contributed by atoms with E-state index in [9.17, 15) is 12.8 Å². The van der Waals surface area contributed by atoms with Crippen molar-refractivity contribution >= 4 is 15.8 Å². The number of benzene rings is 1. The second kappa shape index (κ2) is 7.90. The van der Waals surface area contributed by atoms with Crippen molar-refractivity contribution in [3.63, 3.8) is 0 Å². The normalized spacial score (nSPS) is 16.4. The molecule has 3 rings (SSSR count). The Hall–Kier alpha value is -2.06. The minimum atomic E-state index is -3.20. The lowest BCUT2D eigenvalue weighted by molar-refractivity contribution is 0.437. The Morgan fingerprint density at radius 2 is 1.89 bits per heavy atom. The molecule has 27 heavy (non-hydrogen) atoms. The third kappa shape index (κ3) is 4.81. The molecule has 0 radical (unpaired) electrons. The van der Waals surface area contributed by atoms with Gasteiger partial charge < -0.3 is 4.90 Å². The van der Waals surface area contributed by atoms with Crippen molar-refractivity contribution < 1.29 is 12.8 Å². The van der Waals surface area contributed by atoms with Gasteiger partial charge in [0.25, 0.3) is 0 Å². The van der Waals surface area contributed by atoms with E-state index in [0.717, 1.165) is 35.6 Å². The van der Waals surface area contributed by atoms with Gasteiger partial charge in [0.05, 0.1) is 6.26 Å². The van der Waals surface area contributed by atoms with Crippen LogP contribution in [-0.2, 0) is 16.4 Å². The SMILES string of the molecule is Cc1nc(C)c(Cc2cccc(F)c2)c(N2CCCN(S(C)(=O)=O)CC2)n1. The van der Waals surface area contributed by atoms with Crippen molar-refractivity contribution in [3.05, 3.63) is 52.7 Å². The Kier molecular flexibility index (Phi) is 5.76. The molecule has 1 aromatic heterocycles. The lowest BCUT2D eigenvalue weighted by Gasteiger charge is -2.25. The van der Waals surface area contributed by atoms with Crippen LogP contribution in [-0.4, -0.2) is 55.1 Å². The molecule has 6 nitrogen and oxygen atoms in total. The molecule has 2 aromatic rings. The third-order valence-electron chi connectivity index (χ3n) is 4.80. The lowest BCUT2D eigenvalue weighted by Crippen LogP contribution is -2.35. The molecule has 0 N–H and O–H groups in total. The van der Waals surface area contributed by atoms with Gasteiger partial charge in [-0.15, -0.1) is 0 Å². The van der Waals surface area contributed by atoms with Crippen LogP contribution in [0.25, 0.3) is 0 Å². The number of rotatable bonds is 4. The molecule has 2 heterocycles. The topological polar surface area (TPSA) is 66.4 Å². The van der Waals surface area contributed by atoms with Crippen molar-refractivity contribution in [1.29, 1.82) is 0 Å². The molecule has 0 spiro atoms. The first-order valence-corrected chi connectivity index (χ1v) is 10.9. The van der Waals surface area contributed by atoms with E-state index < -0.39 is 10.0 Å². The van der Waals surface area contributed by atoms with Crippen LogP contribution in [0.5, 0.6) is 0 Å². The summed E-state index contributed by atoms with van der Waals surface area (Å²) in [6, 6.07) is 6.54. The Bertz CT molecular complexity index is 933. The van der Waals surface area contributed by atoms with Crippen LogP contribution in [0, 0.1) is 19.7 Å². The van der Waals surface area contributed by atoms with Crippen molar-refractivity contribution in [2.75, 3.05) is 37.3 Å². The predicted octanol–water partition coefficient (Wildman–Crippen LogP) is 2.30. The van der Waals surface area contributed by atoms with Crippen LogP contribution >= 0.6 is 0 Å². The Labute approximate surface area is 160 Å². The van der Waals surface area contributed by atoms with Crippen molar-refractivity contribution in [2.45, 2.75) is 26.7 Å². The quantitative estimate of drug-likeness (QED) is 0.799. The molecule has 1 saturated heterocycles. The Morgan fingerprint density at radius 3 is 2.59 bits per heavy atom. The van der Waals surface area contributed by atoms with E-state index in [-0.39, 0.29) is 5.82 Å². The molecule has 0 bridgehead atoms. The highest BCUT2D eigenvalue weighted by Gasteiger charge is 2.24. The average molecular weight is 393 g/mol. The van der Waals surface area contributed by atoms with E-state index >= 15 is 0 Å². The van der Waals surface area contributed by atoms with Gasteiger partial charge in [0.1, 0.15) is 17.5 Å². The number of aromatic nitrogens is 2. The average Bonchev–Trinajstić information content (AvgIpc) is 2.83. The third-order valence-corrected chi connectivity index (χ3v) is 6.10. The van der Waals surface area contributed by atoms with E-state index in [1.165, 1.54) is 22.7 Å². The minimum Gasteiger partial charge on any atom is -0.355 e. The summed E-state index contributed by atoms with van der Waals surface area (Å²) < 4.78 is 38.9. The number of aryl methyl sites for hydroxylation is 2. The number of sulfonamides is 1. The zero-order chi connectivity index (χ0) is 19.6. The highest BCUT2D eigenvalue weighted by atomic mass is 32.2. The number of anilines is 1. The van der Waals surface area contributed by atoms with Gasteiger partial charge in [-0.3, -0.25) is 0 Å². The second-order valence-electron chi connectivity index (χ2n) is 6.97. The minimum absolute atomic E-state index is 0.265. The summed E-state index contributed by atoms with van der Waals surface area (Å²) in [6.07, 6.45) is 2.51. The van der Waals surface area contributed by atoms with E-state index in [2.05, 4.69) is 14.9 Å². The monoisotopic (exact) mass is 392 g/mol. The van der Waals surface area contributed by atoms with Gasteiger partial charge in [-0.25, -0.2) is 27.1 Å². The molecule has 0 amide bonds. The number of halogens is 1. The summed E-state index contributed by atoms with van der Waals surface area (Å²) >= 11 is 0. The number of hydrogen-bond donors (Lipinski definition) is 0. The molecular weight excluding hydrogens is 367 g/mol. The summed E-state index contributed by atoms with van der Waals surface area (Å²) in [5.74, 6) is 1.23. The summed E-state index contributed by atoms with van der Waals surface area (Å²) in [6.45, 7) is 6.02. The van der Waals surface area contributed by atoms with E-state index in [4.69, 9.17) is 0 Å². The largest absolute Gasteiger partial charge is 0.355 e. The van der Waals surface area contributed by atoms with Crippen molar-refractivity contribution in [1.82, 2.24) is 14.3 Å². The molecule has 1 aromatic carbocycles. The maximum Gasteiger partial charge on any atom is 0.211 e. The fraction of sp³-hybridized carbons (Fsp3) is 0.474. The molecule has 1 aliphatic rings. The first-order chi connectivity index (χ1) is 12.7. The highest BCUT2D eigenvalue weighted by Crippen LogP contribution is 2.25. The molecule has 0 atom stereocenters.